The van der Waals surface area contributed by atoms with Gasteiger partial charge in [0.05, 0.1) is 29.3 Å². The third-order valence-corrected chi connectivity index (χ3v) is 7.94. The molecular weight excluding hydrogens is 577 g/mol. The van der Waals surface area contributed by atoms with Crippen LogP contribution in [0.5, 0.6) is 0 Å². The zero-order valence-electron chi connectivity index (χ0n) is 19.5. The molecule has 4 N–H and O–H groups in total. The van der Waals surface area contributed by atoms with E-state index >= 15 is 0 Å². The van der Waals surface area contributed by atoms with Gasteiger partial charge in [-0.25, -0.2) is 4.79 Å². The molecule has 2 heterocycles. The number of alkyl halides is 3. The summed E-state index contributed by atoms with van der Waals surface area (Å²) in [5, 5.41) is 2.57. The predicted molar refractivity (Wildman–Crippen MR) is 137 cm³/mol. The van der Waals surface area contributed by atoms with Crippen LogP contribution in [-0.2, 0) is 23.8 Å². The van der Waals surface area contributed by atoms with Crippen LogP contribution in [0.2, 0.25) is 5.02 Å². The quantitative estimate of drug-likeness (QED) is 0.353. The Labute approximate surface area is 223 Å². The van der Waals surface area contributed by atoms with Crippen LogP contribution in [0, 0.1) is 0 Å². The molecule has 37 heavy (non-hydrogen) atoms. The van der Waals surface area contributed by atoms with E-state index < -0.39 is 28.7 Å². The number of aryl methyl sites for hydroxylation is 1. The van der Waals surface area contributed by atoms with Gasteiger partial charge in [0.25, 0.3) is 5.91 Å². The first kappa shape index (κ1) is 25.9. The monoisotopic (exact) mass is 598 g/mol. The van der Waals surface area contributed by atoms with E-state index in [0.717, 1.165) is 27.3 Å². The number of anilines is 1. The van der Waals surface area contributed by atoms with Crippen LogP contribution in [-0.4, -0.2) is 48.1 Å². The molecule has 3 amide bonds. The van der Waals surface area contributed by atoms with Crippen LogP contribution >= 0.6 is 27.5 Å². The summed E-state index contributed by atoms with van der Waals surface area (Å²) >= 11 is 9.60. The molecule has 0 spiro atoms. The molecule has 0 saturated carbocycles. The highest BCUT2D eigenvalue weighted by Crippen LogP contribution is 2.48. The minimum Gasteiger partial charge on any atom is -0.378 e. The molecule has 3 aromatic rings. The molecular formula is C25H23BrClF3N4O3. The number of morpholine rings is 1. The fourth-order valence-electron chi connectivity index (χ4n) is 5.40. The molecule has 7 nitrogen and oxygen atoms in total. The Bertz CT molecular complexity index is 1400. The maximum absolute atomic E-state index is 14.2. The van der Waals surface area contributed by atoms with Crippen molar-refractivity contribution in [2.45, 2.75) is 31.4 Å². The number of primary amides is 1. The van der Waals surface area contributed by atoms with Gasteiger partial charge >= 0.3 is 12.2 Å². The summed E-state index contributed by atoms with van der Waals surface area (Å²) in [6.45, 7) is 1.82. The third kappa shape index (κ3) is 4.80. The highest BCUT2D eigenvalue weighted by molar-refractivity contribution is 9.10. The number of nitrogens with one attached hydrogen (secondary N) is 2. The number of hydrogen-bond acceptors (Lipinski definition) is 3. The van der Waals surface area contributed by atoms with E-state index in [-0.39, 0.29) is 23.6 Å². The van der Waals surface area contributed by atoms with Crippen molar-refractivity contribution in [3.63, 3.8) is 0 Å². The van der Waals surface area contributed by atoms with Crippen molar-refractivity contribution in [2.75, 3.05) is 31.6 Å². The van der Waals surface area contributed by atoms with E-state index in [1.807, 2.05) is 0 Å². The van der Waals surface area contributed by atoms with Gasteiger partial charge in [0.1, 0.15) is 0 Å². The van der Waals surface area contributed by atoms with Crippen LogP contribution in [0.15, 0.2) is 28.7 Å². The number of hydrogen-bond donors (Lipinski definition) is 3. The number of ether oxygens (including phenoxy) is 1. The van der Waals surface area contributed by atoms with Gasteiger partial charge in [-0.15, -0.1) is 0 Å². The molecule has 1 fully saturated rings. The number of carbonyl (C=O) groups excluding carboxylic acids is 2. The number of carbonyl (C=O) groups is 2. The minimum atomic E-state index is -4.75. The van der Waals surface area contributed by atoms with Crippen molar-refractivity contribution in [1.29, 1.82) is 0 Å². The highest BCUT2D eigenvalue weighted by Gasteiger charge is 2.40. The molecule has 196 valence electrons. The van der Waals surface area contributed by atoms with Crippen LogP contribution in [0.4, 0.5) is 23.7 Å². The van der Waals surface area contributed by atoms with Crippen LogP contribution < -0.4 is 11.1 Å². The number of halogens is 5. The molecule has 1 aliphatic carbocycles. The smallest absolute Gasteiger partial charge is 0.378 e. The minimum absolute atomic E-state index is 0.0247. The van der Waals surface area contributed by atoms with Gasteiger partial charge < -0.3 is 25.7 Å². The van der Waals surface area contributed by atoms with Crippen LogP contribution in [0.25, 0.3) is 10.9 Å². The summed E-state index contributed by atoms with van der Waals surface area (Å²) in [6.07, 6.45) is -3.71. The summed E-state index contributed by atoms with van der Waals surface area (Å²) in [6, 6.07) is 5.01. The highest BCUT2D eigenvalue weighted by atomic mass is 79.9. The van der Waals surface area contributed by atoms with E-state index in [0.29, 0.717) is 50.1 Å². The first-order valence-corrected chi connectivity index (χ1v) is 12.9. The second-order valence-electron chi connectivity index (χ2n) is 9.14. The molecule has 1 atom stereocenters. The van der Waals surface area contributed by atoms with Crippen molar-refractivity contribution < 1.29 is 27.5 Å². The SMILES string of the molecule is NC(=O)Nc1ccc(Cl)c(C(F)(F)F)c1C1CCc2[nH]c3c(Br)ccc(C(=O)N4CCOCC4)c3c2C1. The Morgan fingerprint density at radius 3 is 2.59 bits per heavy atom. The van der Waals surface area contributed by atoms with Gasteiger partial charge in [-0.3, -0.25) is 4.79 Å². The number of aromatic nitrogens is 1. The summed E-state index contributed by atoms with van der Waals surface area (Å²) in [7, 11) is 0. The Balaban J connectivity index is 1.64. The molecule has 0 radical (unpaired) electrons. The molecule has 1 unspecified atom stereocenters. The molecule has 5 rings (SSSR count). The van der Waals surface area contributed by atoms with Gasteiger partial charge in [-0.2, -0.15) is 13.2 Å². The standard InChI is InChI=1S/C25H23BrClF3N4O3/c26-15-3-2-13(23(35)34-7-9-37-10-8-34)20-14-11-12(1-5-17(14)32-22(15)20)19-18(33-24(31)36)6-4-16(27)21(19)25(28,29)30/h2-4,6,12,32H,1,5,7-11H2,(H3,31,33,36). The first-order valence-electron chi connectivity index (χ1n) is 11.7. The molecule has 2 aliphatic rings. The topological polar surface area (TPSA) is 100 Å². The van der Waals surface area contributed by atoms with Crippen molar-refractivity contribution in [1.82, 2.24) is 9.88 Å². The Morgan fingerprint density at radius 1 is 1.19 bits per heavy atom. The Kier molecular flexibility index (Phi) is 6.88. The van der Waals surface area contributed by atoms with Crippen molar-refractivity contribution >= 4 is 56.1 Å². The predicted octanol–water partition coefficient (Wildman–Crippen LogP) is 5.84. The van der Waals surface area contributed by atoms with E-state index in [2.05, 4.69) is 26.2 Å². The lowest BCUT2D eigenvalue weighted by atomic mass is 9.79. The number of fused-ring (bicyclic) bond motifs is 3. The molecule has 1 aliphatic heterocycles. The number of urea groups is 1. The number of nitrogens with zero attached hydrogens (tertiary/aromatic N) is 1. The number of benzene rings is 2. The Morgan fingerprint density at radius 2 is 1.92 bits per heavy atom. The summed E-state index contributed by atoms with van der Waals surface area (Å²) < 4.78 is 48.7. The van der Waals surface area contributed by atoms with Crippen molar-refractivity contribution in [2.24, 2.45) is 5.73 Å². The number of nitrogens with two attached hydrogens (primary N) is 1. The number of rotatable bonds is 3. The maximum Gasteiger partial charge on any atom is 0.418 e. The van der Waals surface area contributed by atoms with Gasteiger partial charge in [0, 0.05) is 39.9 Å². The first-order chi connectivity index (χ1) is 17.6. The lowest BCUT2D eigenvalue weighted by molar-refractivity contribution is -0.138. The normalized spacial score (nSPS) is 18.1. The van der Waals surface area contributed by atoms with Crippen molar-refractivity contribution in [3.05, 3.63) is 61.7 Å². The van der Waals surface area contributed by atoms with Crippen molar-refractivity contribution in [3.8, 4) is 0 Å². The average Bonchev–Trinajstić information content (AvgIpc) is 3.24. The third-order valence-electron chi connectivity index (χ3n) is 6.96. The number of amides is 3. The van der Waals surface area contributed by atoms with Gasteiger partial charge in [0.2, 0.25) is 0 Å². The van der Waals surface area contributed by atoms with Gasteiger partial charge in [0.15, 0.2) is 0 Å². The molecule has 12 heteroatoms. The molecule has 0 bridgehead atoms. The molecule has 2 aromatic carbocycles. The second-order valence-corrected chi connectivity index (χ2v) is 10.4. The Hall–Kier alpha value is -2.76. The van der Waals surface area contributed by atoms with Gasteiger partial charge in [-0.05, 0) is 76.5 Å². The lowest BCUT2D eigenvalue weighted by Gasteiger charge is -2.29. The molecule has 1 saturated heterocycles. The van der Waals surface area contributed by atoms with E-state index in [1.165, 1.54) is 6.07 Å². The zero-order chi connectivity index (χ0) is 26.5. The average molecular weight is 600 g/mol. The summed E-state index contributed by atoms with van der Waals surface area (Å²) in [4.78, 5) is 30.2. The lowest BCUT2D eigenvalue weighted by Crippen LogP contribution is -2.40. The summed E-state index contributed by atoms with van der Waals surface area (Å²) in [5.41, 5.74) is 7.01. The van der Waals surface area contributed by atoms with Crippen LogP contribution in [0.3, 0.4) is 0 Å². The van der Waals surface area contributed by atoms with Crippen LogP contribution in [0.1, 0.15) is 45.1 Å². The summed E-state index contributed by atoms with van der Waals surface area (Å²) in [5.74, 6) is -0.784. The van der Waals surface area contributed by atoms with E-state index in [9.17, 15) is 22.8 Å². The zero-order valence-corrected chi connectivity index (χ0v) is 21.8. The van der Waals surface area contributed by atoms with E-state index in [4.69, 9.17) is 22.1 Å². The molecule has 1 aromatic heterocycles. The number of H-pyrrole nitrogens is 1. The van der Waals surface area contributed by atoms with E-state index in [1.54, 1.807) is 17.0 Å². The number of aromatic amines is 1. The largest absolute Gasteiger partial charge is 0.418 e. The van der Waals surface area contributed by atoms with Gasteiger partial charge in [-0.1, -0.05) is 11.6 Å². The maximum atomic E-state index is 14.2. The fraction of sp³-hybridized carbons (Fsp3) is 0.360. The second kappa shape index (κ2) is 9.85. The fourth-order valence-corrected chi connectivity index (χ4v) is 6.11.